The van der Waals surface area contributed by atoms with Gasteiger partial charge in [-0.25, -0.2) is 9.18 Å². The summed E-state index contributed by atoms with van der Waals surface area (Å²) in [6, 6.07) is 5.02. The first kappa shape index (κ1) is 11.6. The number of halogens is 3. The van der Waals surface area contributed by atoms with Gasteiger partial charge in [-0.1, -0.05) is 0 Å². The predicted octanol–water partition coefficient (Wildman–Crippen LogP) is 2.62. The normalized spacial score (nSPS) is 10.5. The van der Waals surface area contributed by atoms with Crippen molar-refractivity contribution < 1.29 is 22.7 Å². The molecule has 0 aromatic carbocycles. The molecular weight excluding hydrogens is 209 g/mol. The van der Waals surface area contributed by atoms with E-state index in [4.69, 9.17) is 0 Å². The van der Waals surface area contributed by atoms with E-state index in [1.807, 2.05) is 6.07 Å². The van der Waals surface area contributed by atoms with Gasteiger partial charge < -0.3 is 4.74 Å². The quantitative estimate of drug-likeness (QED) is 0.724. The Bertz CT molecular complexity index is 343. The highest BCUT2D eigenvalue weighted by atomic mass is 19.3. The van der Waals surface area contributed by atoms with Crippen molar-refractivity contribution in [2.24, 2.45) is 0 Å². The molecule has 0 saturated carbocycles. The van der Waals surface area contributed by atoms with Crippen LogP contribution in [0.15, 0.2) is 18.2 Å². The summed E-state index contributed by atoms with van der Waals surface area (Å²) in [7, 11) is 0. The van der Waals surface area contributed by atoms with E-state index in [2.05, 4.69) is 4.74 Å². The summed E-state index contributed by atoms with van der Waals surface area (Å²) in [5.74, 6) is -1.56. The molecule has 82 valence electrons. The maximum atomic E-state index is 11.9. The third-order valence-corrected chi connectivity index (χ3v) is 1.61. The molecule has 0 fully saturated rings. The maximum absolute atomic E-state index is 11.9. The van der Waals surface area contributed by atoms with Gasteiger partial charge >= 0.3 is 12.4 Å². The molecule has 0 saturated heterocycles. The van der Waals surface area contributed by atoms with Crippen molar-refractivity contribution in [3.63, 3.8) is 0 Å². The Morgan fingerprint density at radius 3 is 2.07 bits per heavy atom. The number of benzene rings is 1. The highest BCUT2D eigenvalue weighted by Crippen LogP contribution is 2.34. The van der Waals surface area contributed by atoms with E-state index in [-0.39, 0.29) is 12.4 Å². The molecule has 2 aliphatic rings. The number of esters is 1. The average Bonchev–Trinajstić information content (AvgIpc) is 2.76. The number of carbonyl (C=O) groups excluding carboxylic acids is 1. The third-order valence-electron chi connectivity index (χ3n) is 1.61. The Balaban J connectivity index is 0.000000150. The van der Waals surface area contributed by atoms with Crippen LogP contribution in [-0.4, -0.2) is 19.0 Å². The van der Waals surface area contributed by atoms with E-state index in [0.29, 0.717) is 0 Å². The van der Waals surface area contributed by atoms with Gasteiger partial charge in [-0.05, 0) is 36.2 Å². The van der Waals surface area contributed by atoms with E-state index < -0.39 is 12.4 Å². The second-order valence-electron chi connectivity index (χ2n) is 2.78. The Morgan fingerprint density at radius 1 is 1.33 bits per heavy atom. The van der Waals surface area contributed by atoms with Crippen LogP contribution in [0.2, 0.25) is 0 Å². The molecule has 0 heterocycles. The molecule has 0 bridgehead atoms. The zero-order valence-electron chi connectivity index (χ0n) is 7.97. The first-order valence-electron chi connectivity index (χ1n) is 4.30. The summed E-state index contributed by atoms with van der Waals surface area (Å²) >= 11 is 0. The van der Waals surface area contributed by atoms with Crippen molar-refractivity contribution in [1.29, 1.82) is 0 Å². The third kappa shape index (κ3) is 3.61. The number of fused-ring (bicyclic) bond motifs is 1. The van der Waals surface area contributed by atoms with Gasteiger partial charge in [0.1, 0.15) is 5.82 Å². The molecule has 0 atom stereocenters. The lowest BCUT2D eigenvalue weighted by Crippen LogP contribution is -2.13. The minimum Gasteiger partial charge on any atom is -0.462 e. The van der Waals surface area contributed by atoms with Gasteiger partial charge in [-0.15, -0.1) is 0 Å². The molecule has 2 aliphatic carbocycles. The Hall–Kier alpha value is -1.52. The SMILES string of the molecule is CCOC(=O)C(F)F.Fc1cc2cc-2c1. The maximum Gasteiger partial charge on any atom is 0.373 e. The topological polar surface area (TPSA) is 26.3 Å². The van der Waals surface area contributed by atoms with Gasteiger partial charge in [-0.3, -0.25) is 0 Å². The molecule has 0 aliphatic heterocycles. The van der Waals surface area contributed by atoms with Crippen LogP contribution in [0.25, 0.3) is 11.1 Å². The van der Waals surface area contributed by atoms with Crippen LogP contribution in [0.5, 0.6) is 0 Å². The van der Waals surface area contributed by atoms with Crippen LogP contribution in [0.3, 0.4) is 0 Å². The van der Waals surface area contributed by atoms with Crippen LogP contribution >= 0.6 is 0 Å². The smallest absolute Gasteiger partial charge is 0.373 e. The van der Waals surface area contributed by atoms with Crippen LogP contribution in [0.4, 0.5) is 13.2 Å². The van der Waals surface area contributed by atoms with Crippen molar-refractivity contribution in [2.45, 2.75) is 13.3 Å². The molecule has 0 radical (unpaired) electrons. The van der Waals surface area contributed by atoms with Gasteiger partial charge in [0.25, 0.3) is 0 Å². The van der Waals surface area contributed by atoms with Gasteiger partial charge in [0.15, 0.2) is 0 Å². The van der Waals surface area contributed by atoms with Crippen molar-refractivity contribution in [3.05, 3.63) is 24.0 Å². The highest BCUT2D eigenvalue weighted by molar-refractivity contribution is 5.80. The van der Waals surface area contributed by atoms with E-state index in [1.54, 1.807) is 0 Å². The van der Waals surface area contributed by atoms with Crippen LogP contribution in [0, 0.1) is 5.82 Å². The molecule has 0 N–H and O–H groups in total. The zero-order valence-corrected chi connectivity index (χ0v) is 7.97. The lowest BCUT2D eigenvalue weighted by atomic mass is 10.6. The largest absolute Gasteiger partial charge is 0.462 e. The number of rotatable bonds is 2. The van der Waals surface area contributed by atoms with Gasteiger partial charge in [-0.2, -0.15) is 8.78 Å². The summed E-state index contributed by atoms with van der Waals surface area (Å²) in [6.07, 6.45) is -2.99. The lowest BCUT2D eigenvalue weighted by molar-refractivity contribution is -0.155. The molecule has 0 aromatic heterocycles. The Morgan fingerprint density at radius 2 is 1.87 bits per heavy atom. The standard InChI is InChI=1S/C6H3F.C4H6F2O2/c7-6-2-4-1-5(4)3-6;1-2-8-4(7)3(5)6/h1-3H;3H,2H2,1H3. The lowest BCUT2D eigenvalue weighted by Gasteiger charge is -1.96. The number of hydrogen-bond donors (Lipinski definition) is 0. The summed E-state index contributed by atoms with van der Waals surface area (Å²) in [4.78, 5) is 9.77. The number of ether oxygens (including phenoxy) is 1. The Kier molecular flexibility index (Phi) is 3.71. The van der Waals surface area contributed by atoms with E-state index in [1.165, 1.54) is 19.1 Å². The van der Waals surface area contributed by atoms with Crippen LogP contribution in [-0.2, 0) is 9.53 Å². The van der Waals surface area contributed by atoms with Crippen LogP contribution in [0.1, 0.15) is 6.92 Å². The minimum absolute atomic E-state index is 0.00315. The van der Waals surface area contributed by atoms with E-state index in [0.717, 1.165) is 11.1 Å². The Labute approximate surface area is 84.7 Å². The minimum atomic E-state index is -2.99. The van der Waals surface area contributed by atoms with Crippen molar-refractivity contribution >= 4 is 5.97 Å². The molecule has 15 heavy (non-hydrogen) atoms. The molecule has 2 nitrogen and oxygen atoms in total. The summed E-state index contributed by atoms with van der Waals surface area (Å²) in [6.45, 7) is 1.48. The monoisotopic (exact) mass is 218 g/mol. The van der Waals surface area contributed by atoms with Crippen LogP contribution < -0.4 is 0 Å². The summed E-state index contributed by atoms with van der Waals surface area (Å²) < 4.78 is 38.1. The highest BCUT2D eigenvalue weighted by Gasteiger charge is 2.15. The first-order chi connectivity index (χ1) is 7.04. The summed E-state index contributed by atoms with van der Waals surface area (Å²) in [5.41, 5.74) is 2.13. The second-order valence-corrected chi connectivity index (χ2v) is 2.78. The second kappa shape index (κ2) is 4.82. The first-order valence-corrected chi connectivity index (χ1v) is 4.30. The van der Waals surface area contributed by atoms with Gasteiger partial charge in [0, 0.05) is 0 Å². The number of alkyl halides is 2. The van der Waals surface area contributed by atoms with Crippen molar-refractivity contribution in [2.75, 3.05) is 6.61 Å². The van der Waals surface area contributed by atoms with Gasteiger partial charge in [0.05, 0.1) is 6.61 Å². The van der Waals surface area contributed by atoms with E-state index in [9.17, 15) is 18.0 Å². The molecule has 0 spiro atoms. The molecule has 0 unspecified atom stereocenters. The molecule has 0 aromatic rings. The molecule has 5 heteroatoms. The molecule has 2 rings (SSSR count). The van der Waals surface area contributed by atoms with Gasteiger partial charge in [0.2, 0.25) is 0 Å². The number of hydrogen-bond acceptors (Lipinski definition) is 2. The fraction of sp³-hybridized carbons (Fsp3) is 0.300. The van der Waals surface area contributed by atoms with E-state index >= 15 is 0 Å². The fourth-order valence-corrected chi connectivity index (χ4v) is 0.925. The van der Waals surface area contributed by atoms with Crippen molar-refractivity contribution in [3.8, 4) is 11.1 Å². The molecular formula is C10H9F3O2. The average molecular weight is 218 g/mol. The van der Waals surface area contributed by atoms with Crippen molar-refractivity contribution in [1.82, 2.24) is 0 Å². The molecule has 0 amide bonds. The predicted molar refractivity (Wildman–Crippen MR) is 48.0 cm³/mol. The fourth-order valence-electron chi connectivity index (χ4n) is 0.925. The number of carbonyl (C=O) groups is 1. The zero-order chi connectivity index (χ0) is 11.4. The summed E-state index contributed by atoms with van der Waals surface area (Å²) in [5, 5.41) is 0.